The maximum atomic E-state index is 13.0. The molecule has 12 heterocycles. The van der Waals surface area contributed by atoms with E-state index in [2.05, 4.69) is 128 Å². The fourth-order valence-electron chi connectivity index (χ4n) is 14.7. The Kier molecular flexibility index (Phi) is 27.8. The van der Waals surface area contributed by atoms with E-state index < -0.39 is 0 Å². The fourth-order valence-corrected chi connectivity index (χ4v) is 14.7. The summed E-state index contributed by atoms with van der Waals surface area (Å²) in [5, 5.41) is 51.6. The first-order valence-electron chi connectivity index (χ1n) is 43.7. The number of hydrogen-bond acceptors (Lipinski definition) is 33. The van der Waals surface area contributed by atoms with Gasteiger partial charge in [0.05, 0.1) is 124 Å². The molecule has 4 aromatic carbocycles. The minimum Gasteiger partial charge on any atom is -0.494 e. The molecule has 4 aliphatic rings. The Bertz CT molecular complexity index is 6880. The third-order valence-electron chi connectivity index (χ3n) is 22.0. The van der Waals surface area contributed by atoms with Crippen molar-refractivity contribution in [2.75, 3.05) is 84.1 Å². The van der Waals surface area contributed by atoms with Crippen molar-refractivity contribution in [3.8, 4) is 68.5 Å². The highest BCUT2D eigenvalue weighted by atomic mass is 16.5. The maximum absolute atomic E-state index is 13.0. The third-order valence-corrected chi connectivity index (χ3v) is 22.0. The van der Waals surface area contributed by atoms with Crippen LogP contribution in [0.3, 0.4) is 0 Å². The SMILES string of the molecule is CCC(=O)c1cnc(NC(=O)N2CCC2)cc1Nc1cccc(-c2ncn(C)n2)c1OC.COc1c(Nc2cc(Nc3cc(C)nc(C)n3)ncc2C(=O)C2CC2)cccc1-c1ncn(C)n1.COc1c(Nc2cc(Nc3ccc(C)nn3)ncc2C(=O)C2CC2)cccc1-c1ncn(C)n1.COc1c(Nc2cc(Nc3cccc(C)n3)ncc2C(=O)C2CC2)cccc1-c1ncn(C)n1. The first-order chi connectivity index (χ1) is 65.4. The van der Waals surface area contributed by atoms with Gasteiger partial charge in [-0.25, -0.2) is 59.6 Å². The smallest absolute Gasteiger partial charge is 0.323 e. The van der Waals surface area contributed by atoms with E-state index in [1.165, 1.54) is 6.20 Å². The number of ketones is 4. The van der Waals surface area contributed by atoms with Crippen molar-refractivity contribution in [3.05, 3.63) is 229 Å². The number of para-hydroxylation sites is 4. The van der Waals surface area contributed by atoms with Gasteiger partial charge in [0.2, 0.25) is 0 Å². The molecule has 0 atom stereocenters. The molecule has 0 bridgehead atoms. The number of aryl methyl sites for hydroxylation is 8. The van der Waals surface area contributed by atoms with Crippen LogP contribution in [0.5, 0.6) is 23.0 Å². The molecule has 688 valence electrons. The van der Waals surface area contributed by atoms with Crippen molar-refractivity contribution < 1.29 is 42.9 Å². The lowest BCUT2D eigenvalue weighted by molar-refractivity contribution is 0.0960. The number of carbonyl (C=O) groups is 5. The number of pyridine rings is 5. The number of carbonyl (C=O) groups excluding carboxylic acids is 5. The summed E-state index contributed by atoms with van der Waals surface area (Å²) in [5.41, 5.74) is 12.7. The first kappa shape index (κ1) is 91.4. The summed E-state index contributed by atoms with van der Waals surface area (Å²) in [7, 11) is 13.6. The lowest BCUT2D eigenvalue weighted by Gasteiger charge is -2.30. The van der Waals surface area contributed by atoms with E-state index in [4.69, 9.17) is 18.9 Å². The van der Waals surface area contributed by atoms with Gasteiger partial charge in [-0.1, -0.05) is 37.3 Å². The second kappa shape index (κ2) is 41.0. The molecule has 2 amide bonds. The van der Waals surface area contributed by atoms with Crippen LogP contribution >= 0.6 is 0 Å². The molecule has 0 radical (unpaired) electrons. The van der Waals surface area contributed by atoms with Gasteiger partial charge in [0.1, 0.15) is 66.0 Å². The number of aromatic nitrogens is 21. The van der Waals surface area contributed by atoms with Crippen LogP contribution in [-0.2, 0) is 28.2 Å². The summed E-state index contributed by atoms with van der Waals surface area (Å²) in [4.78, 5) is 114. The van der Waals surface area contributed by atoms with E-state index in [1.54, 1.807) is 122 Å². The highest BCUT2D eigenvalue weighted by Crippen LogP contribution is 2.46. The molecule has 0 unspecified atom stereocenters. The van der Waals surface area contributed by atoms with Crippen LogP contribution in [0.15, 0.2) is 184 Å². The number of anilines is 15. The van der Waals surface area contributed by atoms with Gasteiger partial charge in [-0.2, -0.15) is 25.5 Å². The fraction of sp³-hybridized carbons (Fsp3) is 0.271. The number of urea groups is 1. The molecule has 3 saturated carbocycles. The molecule has 1 saturated heterocycles. The molecule has 19 rings (SSSR count). The molecular formula is C96H100N30O9. The average Bonchev–Trinajstić information content (AvgIpc) is 1.78. The Morgan fingerprint density at radius 2 is 0.711 bits per heavy atom. The van der Waals surface area contributed by atoms with Gasteiger partial charge in [0, 0.05) is 132 Å². The van der Waals surface area contributed by atoms with E-state index in [-0.39, 0.29) is 46.9 Å². The second-order valence-corrected chi connectivity index (χ2v) is 32.5. The summed E-state index contributed by atoms with van der Waals surface area (Å²) in [6, 6.07) is 40.7. The molecule has 15 aromatic rings. The van der Waals surface area contributed by atoms with Crippen molar-refractivity contribution in [2.24, 2.45) is 45.9 Å². The van der Waals surface area contributed by atoms with Crippen molar-refractivity contribution >= 4 is 115 Å². The maximum Gasteiger partial charge on any atom is 0.323 e. The van der Waals surface area contributed by atoms with Crippen LogP contribution < -0.4 is 61.5 Å². The van der Waals surface area contributed by atoms with Gasteiger partial charge >= 0.3 is 6.03 Å². The van der Waals surface area contributed by atoms with E-state index >= 15 is 0 Å². The number of methoxy groups -OCH3 is 4. The quantitative estimate of drug-likeness (QED) is 0.0187. The van der Waals surface area contributed by atoms with Crippen LogP contribution in [0, 0.1) is 45.4 Å². The molecule has 39 heteroatoms. The molecule has 11 aromatic heterocycles. The molecule has 3 aliphatic carbocycles. The topological polar surface area (TPSA) is 461 Å². The molecular weight excluding hydrogens is 1720 g/mol. The lowest BCUT2D eigenvalue weighted by atomic mass is 10.1. The number of likely N-dealkylation sites (tertiary alicyclic amines) is 1. The number of Topliss-reactive ketones (excluding diaryl/α,β-unsaturated/α-hetero) is 4. The normalized spacial score (nSPS) is 12.9. The van der Waals surface area contributed by atoms with Crippen molar-refractivity contribution in [1.29, 1.82) is 0 Å². The Labute approximate surface area is 776 Å². The van der Waals surface area contributed by atoms with Crippen molar-refractivity contribution in [2.45, 2.75) is 86.0 Å². The highest BCUT2D eigenvalue weighted by Gasteiger charge is 2.36. The number of nitrogens with zero attached hydrogens (tertiary/aromatic N) is 22. The highest BCUT2D eigenvalue weighted by molar-refractivity contribution is 6.07. The van der Waals surface area contributed by atoms with Gasteiger partial charge in [-0.3, -0.25) is 43.2 Å². The largest absolute Gasteiger partial charge is 0.494 e. The van der Waals surface area contributed by atoms with Crippen LogP contribution in [0.25, 0.3) is 45.6 Å². The standard InChI is InChI=1S/C25H26N8O2.C25H25N7O2.C24H24N8O2.C22H25N7O3/c1-14-10-22(29-15(2)28-14)31-21-11-20(18(12-26-21)23(34)16-8-9-16)30-19-7-5-6-17(24(19)35-4)25-27-13-33(3)32-25;1-15-6-4-9-21(28-15)30-22-12-20(18(13-26-22)23(33)16-10-11-16)29-19-8-5-7-17(24(19)34-3)25-27-14-32(2)31-25;1-14-7-10-20(30-29-14)28-21-11-19(17(12-25-21)22(33)15-8-9-15)27-18-6-4-5-16(23(18)34-3)24-26-13-32(2)31-24;1-4-18(30)15-12-23-19(26-22(31)29-9-6-10-29)11-17(15)25-16-8-5-7-14(20(16)32-3)21-24-13-28(2)27-21/h5-7,10-13,16H,8-9H2,1-4H3,(H2,26,28,29,30,31);4-9,12-14,16H,10-11H2,1-3H3,(H2,26,28,29,30);4-7,10-13,15H,8-9H2,1-3H3,(H2,25,27,28,30);5,7-8,11-13H,4,6,9-10H2,1-3H3,(H2,23,25,26,31). The lowest BCUT2D eigenvalue weighted by Crippen LogP contribution is -2.44. The molecule has 0 spiro atoms. The van der Waals surface area contributed by atoms with Gasteiger partial charge in [0.25, 0.3) is 0 Å². The summed E-state index contributed by atoms with van der Waals surface area (Å²) in [6.45, 7) is 10.8. The van der Waals surface area contributed by atoms with Gasteiger partial charge < -0.3 is 61.1 Å². The van der Waals surface area contributed by atoms with Gasteiger partial charge in [-0.15, -0.1) is 5.10 Å². The minimum absolute atomic E-state index is 0.0503. The zero-order valence-electron chi connectivity index (χ0n) is 76.6. The van der Waals surface area contributed by atoms with E-state index in [0.29, 0.717) is 173 Å². The summed E-state index contributed by atoms with van der Waals surface area (Å²) < 4.78 is 29.4. The van der Waals surface area contributed by atoms with Crippen LogP contribution in [0.1, 0.15) is 123 Å². The van der Waals surface area contributed by atoms with E-state index in [0.717, 1.165) is 91.8 Å². The number of ether oxygens (including phenoxy) is 4. The predicted molar refractivity (Wildman–Crippen MR) is 510 cm³/mol. The zero-order valence-corrected chi connectivity index (χ0v) is 76.6. The Morgan fingerprint density at radius 3 is 1.04 bits per heavy atom. The van der Waals surface area contributed by atoms with Crippen molar-refractivity contribution in [3.63, 3.8) is 0 Å². The number of rotatable bonds is 31. The van der Waals surface area contributed by atoms with E-state index in [1.807, 2.05) is 170 Å². The summed E-state index contributed by atoms with van der Waals surface area (Å²) in [5.74, 6) is 9.39. The van der Waals surface area contributed by atoms with Crippen LogP contribution in [0.4, 0.5) is 91.0 Å². The van der Waals surface area contributed by atoms with E-state index in [9.17, 15) is 24.0 Å². The average molecular weight is 1820 g/mol. The molecule has 1 aliphatic heterocycles. The van der Waals surface area contributed by atoms with Crippen LogP contribution in [0.2, 0.25) is 0 Å². The number of nitrogens with one attached hydrogen (secondary N) is 8. The molecule has 4 fully saturated rings. The van der Waals surface area contributed by atoms with Gasteiger partial charge in [0.15, 0.2) is 75.2 Å². The number of amides is 2. The minimum atomic E-state index is -0.204. The van der Waals surface area contributed by atoms with Crippen molar-refractivity contribution in [1.82, 2.24) is 109 Å². The van der Waals surface area contributed by atoms with Gasteiger partial charge in [-0.05, 0) is 145 Å². The molecule has 39 nitrogen and oxygen atoms in total. The zero-order chi connectivity index (χ0) is 94.5. The monoisotopic (exact) mass is 1820 g/mol. The second-order valence-electron chi connectivity index (χ2n) is 32.5. The third kappa shape index (κ3) is 22.2. The summed E-state index contributed by atoms with van der Waals surface area (Å²) in [6.07, 6.45) is 19.6. The molecule has 135 heavy (non-hydrogen) atoms. The number of benzene rings is 4. The molecule has 8 N–H and O–H groups in total. The summed E-state index contributed by atoms with van der Waals surface area (Å²) >= 11 is 0. The first-order valence-corrected chi connectivity index (χ1v) is 43.7. The van der Waals surface area contributed by atoms with Crippen LogP contribution in [-0.4, -0.2) is 180 Å². The Hall–Kier alpha value is -16.9. The Balaban J connectivity index is 0.000000131. The Morgan fingerprint density at radius 1 is 0.348 bits per heavy atom. The predicted octanol–water partition coefficient (Wildman–Crippen LogP) is 16.6. The number of hydrogen-bond donors (Lipinski definition) is 8.